The third-order valence-corrected chi connectivity index (χ3v) is 3.92. The highest BCUT2D eigenvalue weighted by atomic mass is 16.4. The van der Waals surface area contributed by atoms with Gasteiger partial charge in [0.25, 0.3) is 0 Å². The molecule has 0 fully saturated rings. The standard InChI is InChI=1S/C17H18N2O2/c1-12-7-8-13(17(20)21)16(11-12)19-10-9-18(2)14-5-3-4-6-15(14)19/h3-8,11H,9-10H2,1-2H3,(H,20,21). The molecule has 0 unspecified atom stereocenters. The molecule has 1 heterocycles. The van der Waals surface area contributed by atoms with E-state index >= 15 is 0 Å². The SMILES string of the molecule is Cc1ccc(C(=O)O)c(N2CCN(C)c3ccccc32)c1. The number of rotatable bonds is 2. The average molecular weight is 282 g/mol. The zero-order chi connectivity index (χ0) is 15.0. The van der Waals surface area contributed by atoms with Gasteiger partial charge in [-0.15, -0.1) is 0 Å². The van der Waals surface area contributed by atoms with Crippen LogP contribution in [0.25, 0.3) is 0 Å². The molecule has 1 aliphatic heterocycles. The Bertz CT molecular complexity index is 697. The van der Waals surface area contributed by atoms with E-state index in [2.05, 4.69) is 22.9 Å². The molecule has 3 rings (SSSR count). The third-order valence-electron chi connectivity index (χ3n) is 3.92. The van der Waals surface area contributed by atoms with Crippen LogP contribution in [0.15, 0.2) is 42.5 Å². The quantitative estimate of drug-likeness (QED) is 0.918. The van der Waals surface area contributed by atoms with Crippen LogP contribution in [0.2, 0.25) is 0 Å². The Balaban J connectivity index is 2.16. The Hall–Kier alpha value is -2.49. The molecule has 4 heteroatoms. The lowest BCUT2D eigenvalue weighted by Gasteiger charge is -2.37. The van der Waals surface area contributed by atoms with E-state index in [1.807, 2.05) is 37.3 Å². The number of likely N-dealkylation sites (N-methyl/N-ethyl adjacent to an activating group) is 1. The maximum atomic E-state index is 11.5. The minimum absolute atomic E-state index is 0.347. The second-order valence-corrected chi connectivity index (χ2v) is 5.39. The summed E-state index contributed by atoms with van der Waals surface area (Å²) in [6.45, 7) is 3.62. The van der Waals surface area contributed by atoms with Crippen molar-refractivity contribution in [3.8, 4) is 0 Å². The zero-order valence-electron chi connectivity index (χ0n) is 12.2. The minimum Gasteiger partial charge on any atom is -0.478 e. The Morgan fingerprint density at radius 1 is 1.05 bits per heavy atom. The molecule has 1 N–H and O–H groups in total. The number of nitrogens with zero attached hydrogens (tertiary/aromatic N) is 2. The van der Waals surface area contributed by atoms with Gasteiger partial charge < -0.3 is 14.9 Å². The van der Waals surface area contributed by atoms with E-state index in [-0.39, 0.29) is 0 Å². The van der Waals surface area contributed by atoms with Crippen molar-refractivity contribution in [1.29, 1.82) is 0 Å². The van der Waals surface area contributed by atoms with Crippen molar-refractivity contribution in [2.45, 2.75) is 6.92 Å². The first-order valence-corrected chi connectivity index (χ1v) is 6.99. The first-order chi connectivity index (χ1) is 10.1. The lowest BCUT2D eigenvalue weighted by Crippen LogP contribution is -2.37. The molecule has 1 aliphatic rings. The largest absolute Gasteiger partial charge is 0.478 e. The topological polar surface area (TPSA) is 43.8 Å². The van der Waals surface area contributed by atoms with Crippen LogP contribution >= 0.6 is 0 Å². The number of aromatic carboxylic acids is 1. The molecule has 0 radical (unpaired) electrons. The minimum atomic E-state index is -0.888. The number of fused-ring (bicyclic) bond motifs is 1. The molecule has 21 heavy (non-hydrogen) atoms. The van der Waals surface area contributed by atoms with Gasteiger partial charge in [-0.3, -0.25) is 0 Å². The molecule has 2 aromatic rings. The summed E-state index contributed by atoms with van der Waals surface area (Å²) in [6.07, 6.45) is 0. The summed E-state index contributed by atoms with van der Waals surface area (Å²) < 4.78 is 0. The summed E-state index contributed by atoms with van der Waals surface area (Å²) in [6, 6.07) is 13.6. The summed E-state index contributed by atoms with van der Waals surface area (Å²) in [5, 5.41) is 9.45. The first kappa shape index (κ1) is 13.5. The third kappa shape index (κ3) is 2.33. The number of para-hydroxylation sites is 2. The highest BCUT2D eigenvalue weighted by molar-refractivity contribution is 5.97. The predicted molar refractivity (Wildman–Crippen MR) is 84.9 cm³/mol. The molecule has 0 bridgehead atoms. The average Bonchev–Trinajstić information content (AvgIpc) is 2.47. The Morgan fingerprint density at radius 3 is 2.48 bits per heavy atom. The van der Waals surface area contributed by atoms with Crippen LogP contribution in [0, 0.1) is 6.92 Å². The number of carboxylic acid groups (broad SMARTS) is 1. The molecule has 4 nitrogen and oxygen atoms in total. The van der Waals surface area contributed by atoms with Gasteiger partial charge in [0.2, 0.25) is 0 Å². The van der Waals surface area contributed by atoms with Crippen LogP contribution in [0.5, 0.6) is 0 Å². The second kappa shape index (κ2) is 5.13. The van der Waals surface area contributed by atoms with Crippen molar-refractivity contribution in [2.75, 3.05) is 29.9 Å². The van der Waals surface area contributed by atoms with E-state index in [0.29, 0.717) is 5.56 Å². The van der Waals surface area contributed by atoms with Crippen LogP contribution in [0.1, 0.15) is 15.9 Å². The fourth-order valence-corrected chi connectivity index (χ4v) is 2.80. The van der Waals surface area contributed by atoms with E-state index in [0.717, 1.165) is 35.7 Å². The smallest absolute Gasteiger partial charge is 0.337 e. The molecule has 0 spiro atoms. The maximum Gasteiger partial charge on any atom is 0.337 e. The molecular weight excluding hydrogens is 264 g/mol. The van der Waals surface area contributed by atoms with Crippen LogP contribution in [-0.4, -0.2) is 31.2 Å². The Morgan fingerprint density at radius 2 is 1.76 bits per heavy atom. The lowest BCUT2D eigenvalue weighted by atomic mass is 10.1. The Labute approximate surface area is 124 Å². The second-order valence-electron chi connectivity index (χ2n) is 5.39. The molecule has 0 saturated heterocycles. The predicted octanol–water partition coefficient (Wildman–Crippen LogP) is 3.28. The van der Waals surface area contributed by atoms with Crippen LogP contribution in [-0.2, 0) is 0 Å². The van der Waals surface area contributed by atoms with Gasteiger partial charge >= 0.3 is 5.97 Å². The van der Waals surface area contributed by atoms with E-state index in [9.17, 15) is 9.90 Å². The van der Waals surface area contributed by atoms with Crippen molar-refractivity contribution < 1.29 is 9.90 Å². The molecule has 0 aliphatic carbocycles. The van der Waals surface area contributed by atoms with Crippen molar-refractivity contribution in [1.82, 2.24) is 0 Å². The molecule has 0 aromatic heterocycles. The molecule has 108 valence electrons. The number of hydrogen-bond acceptors (Lipinski definition) is 3. The highest BCUT2D eigenvalue weighted by Gasteiger charge is 2.24. The summed E-state index contributed by atoms with van der Waals surface area (Å²) in [7, 11) is 2.06. The van der Waals surface area contributed by atoms with E-state index in [4.69, 9.17) is 0 Å². The maximum absolute atomic E-state index is 11.5. The van der Waals surface area contributed by atoms with Gasteiger partial charge in [-0.25, -0.2) is 4.79 Å². The van der Waals surface area contributed by atoms with E-state index in [1.54, 1.807) is 6.07 Å². The van der Waals surface area contributed by atoms with Crippen LogP contribution in [0.3, 0.4) is 0 Å². The van der Waals surface area contributed by atoms with Gasteiger partial charge in [-0.2, -0.15) is 0 Å². The van der Waals surface area contributed by atoms with Gasteiger partial charge in [0.1, 0.15) is 0 Å². The number of carbonyl (C=O) groups is 1. The fraction of sp³-hybridized carbons (Fsp3) is 0.235. The van der Waals surface area contributed by atoms with E-state index in [1.165, 1.54) is 0 Å². The number of anilines is 3. The van der Waals surface area contributed by atoms with Crippen LogP contribution in [0.4, 0.5) is 17.1 Å². The van der Waals surface area contributed by atoms with Gasteiger partial charge in [-0.1, -0.05) is 18.2 Å². The summed E-state index contributed by atoms with van der Waals surface area (Å²) in [5.74, 6) is -0.888. The lowest BCUT2D eigenvalue weighted by molar-refractivity contribution is 0.0697. The van der Waals surface area contributed by atoms with Crippen LogP contribution < -0.4 is 9.80 Å². The number of carboxylic acids is 1. The van der Waals surface area contributed by atoms with Gasteiger partial charge in [0.05, 0.1) is 22.6 Å². The van der Waals surface area contributed by atoms with Crippen molar-refractivity contribution in [2.24, 2.45) is 0 Å². The fourth-order valence-electron chi connectivity index (χ4n) is 2.80. The molecule has 0 amide bonds. The molecule has 0 saturated carbocycles. The highest BCUT2D eigenvalue weighted by Crippen LogP contribution is 2.38. The molecule has 0 atom stereocenters. The monoisotopic (exact) mass is 282 g/mol. The van der Waals surface area contributed by atoms with E-state index < -0.39 is 5.97 Å². The normalized spacial score (nSPS) is 14.0. The number of benzene rings is 2. The van der Waals surface area contributed by atoms with Crippen molar-refractivity contribution in [3.05, 3.63) is 53.6 Å². The molecule has 2 aromatic carbocycles. The van der Waals surface area contributed by atoms with Gasteiger partial charge in [0.15, 0.2) is 0 Å². The first-order valence-electron chi connectivity index (χ1n) is 6.99. The zero-order valence-corrected chi connectivity index (χ0v) is 12.2. The summed E-state index contributed by atoms with van der Waals surface area (Å²) >= 11 is 0. The number of hydrogen-bond donors (Lipinski definition) is 1. The van der Waals surface area contributed by atoms with Crippen molar-refractivity contribution >= 4 is 23.0 Å². The molecular formula is C17H18N2O2. The van der Waals surface area contributed by atoms with Gasteiger partial charge in [-0.05, 0) is 36.8 Å². The number of aryl methyl sites for hydroxylation is 1. The van der Waals surface area contributed by atoms with Gasteiger partial charge in [0, 0.05) is 20.1 Å². The summed E-state index contributed by atoms with van der Waals surface area (Å²) in [4.78, 5) is 15.8. The summed E-state index contributed by atoms with van der Waals surface area (Å²) in [5.41, 5.74) is 4.36. The Kier molecular flexibility index (Phi) is 3.29. The van der Waals surface area contributed by atoms with Crippen molar-refractivity contribution in [3.63, 3.8) is 0 Å².